The minimum Gasteiger partial charge on any atom is -0.491 e. The predicted octanol–water partition coefficient (Wildman–Crippen LogP) is 0.609. The van der Waals surface area contributed by atoms with Crippen LogP contribution >= 0.6 is 11.6 Å². The van der Waals surface area contributed by atoms with E-state index < -0.39 is 7.12 Å². The van der Waals surface area contributed by atoms with Crippen LogP contribution in [-0.4, -0.2) is 25.9 Å². The van der Waals surface area contributed by atoms with Gasteiger partial charge in [-0.1, -0.05) is 17.7 Å². The molecule has 0 atom stereocenters. The molecule has 3 nitrogen and oxygen atoms in total. The zero-order valence-electron chi connectivity index (χ0n) is 7.79. The van der Waals surface area contributed by atoms with Crippen molar-refractivity contribution in [3.63, 3.8) is 0 Å². The van der Waals surface area contributed by atoms with Crippen LogP contribution in [0.1, 0.15) is 5.56 Å². The summed E-state index contributed by atoms with van der Waals surface area (Å²) in [5.41, 5.74) is 1.70. The van der Waals surface area contributed by atoms with Crippen LogP contribution in [0.15, 0.2) is 12.1 Å². The van der Waals surface area contributed by atoms with Crippen LogP contribution < -0.4 is 10.2 Å². The Bertz CT molecular complexity index is 356. The maximum absolute atomic E-state index is 9.46. The number of benzene rings is 1. The molecule has 0 bridgehead atoms. The second-order valence-electron chi connectivity index (χ2n) is 3.18. The van der Waals surface area contributed by atoms with E-state index in [4.69, 9.17) is 21.0 Å². The molecule has 1 N–H and O–H groups in total. The van der Waals surface area contributed by atoms with Gasteiger partial charge in [0.15, 0.2) is 0 Å². The van der Waals surface area contributed by atoms with Crippen molar-refractivity contribution in [2.75, 3.05) is 13.7 Å². The summed E-state index contributed by atoms with van der Waals surface area (Å²) in [7, 11) is 0.529. The van der Waals surface area contributed by atoms with E-state index in [0.29, 0.717) is 17.1 Å². The Labute approximate surface area is 87.7 Å². The highest BCUT2D eigenvalue weighted by Crippen LogP contribution is 2.32. The SMILES string of the molecule is COB(O)c1cc(Cl)c2c(c1)CCO2. The Hall–Kier alpha value is -0.705. The van der Waals surface area contributed by atoms with Crippen molar-refractivity contribution < 1.29 is 14.4 Å². The van der Waals surface area contributed by atoms with Crippen LogP contribution in [0.4, 0.5) is 0 Å². The summed E-state index contributed by atoms with van der Waals surface area (Å²) in [4.78, 5) is 0. The lowest BCUT2D eigenvalue weighted by atomic mass is 9.79. The molecule has 5 heteroatoms. The summed E-state index contributed by atoms with van der Waals surface area (Å²) in [5, 5.41) is 10.00. The molecule has 0 aliphatic carbocycles. The van der Waals surface area contributed by atoms with Crippen molar-refractivity contribution in [1.82, 2.24) is 0 Å². The molecule has 1 aromatic carbocycles. The van der Waals surface area contributed by atoms with Gasteiger partial charge in [0, 0.05) is 13.5 Å². The smallest absolute Gasteiger partial charge is 0.491 e. The fourth-order valence-electron chi connectivity index (χ4n) is 1.56. The summed E-state index contributed by atoms with van der Waals surface area (Å²) in [6.45, 7) is 0.654. The summed E-state index contributed by atoms with van der Waals surface area (Å²) < 4.78 is 10.2. The molecule has 0 fully saturated rings. The van der Waals surface area contributed by atoms with Crippen LogP contribution in [0.5, 0.6) is 5.75 Å². The lowest BCUT2D eigenvalue weighted by molar-refractivity contribution is 0.341. The molecule has 0 aromatic heterocycles. The van der Waals surface area contributed by atoms with Crippen LogP contribution in [0.3, 0.4) is 0 Å². The molecule has 1 heterocycles. The van der Waals surface area contributed by atoms with E-state index in [9.17, 15) is 5.02 Å². The maximum atomic E-state index is 9.46. The van der Waals surface area contributed by atoms with Gasteiger partial charge in [-0.3, -0.25) is 0 Å². The van der Waals surface area contributed by atoms with E-state index in [2.05, 4.69) is 0 Å². The van der Waals surface area contributed by atoms with Gasteiger partial charge in [-0.15, -0.1) is 0 Å². The molecule has 2 rings (SSSR count). The molecule has 0 unspecified atom stereocenters. The molecule has 0 radical (unpaired) electrons. The highest BCUT2D eigenvalue weighted by molar-refractivity contribution is 6.60. The van der Waals surface area contributed by atoms with Crippen LogP contribution in [-0.2, 0) is 11.1 Å². The van der Waals surface area contributed by atoms with Crippen LogP contribution in [0.25, 0.3) is 0 Å². The zero-order valence-corrected chi connectivity index (χ0v) is 8.54. The number of hydrogen-bond acceptors (Lipinski definition) is 3. The summed E-state index contributed by atoms with van der Waals surface area (Å²) in [5.74, 6) is 0.735. The molecule has 0 amide bonds. The molecule has 1 aliphatic heterocycles. The lowest BCUT2D eigenvalue weighted by Gasteiger charge is -2.07. The Balaban J connectivity index is 2.41. The topological polar surface area (TPSA) is 38.7 Å². The van der Waals surface area contributed by atoms with Gasteiger partial charge in [0.25, 0.3) is 0 Å². The zero-order chi connectivity index (χ0) is 10.1. The van der Waals surface area contributed by atoms with Crippen LogP contribution in [0.2, 0.25) is 5.02 Å². The second kappa shape index (κ2) is 3.81. The Morgan fingerprint density at radius 3 is 3.07 bits per heavy atom. The first kappa shape index (κ1) is 9.83. The van der Waals surface area contributed by atoms with Crippen molar-refractivity contribution in [2.24, 2.45) is 0 Å². The predicted molar refractivity (Wildman–Crippen MR) is 55.3 cm³/mol. The van der Waals surface area contributed by atoms with E-state index in [0.717, 1.165) is 17.7 Å². The van der Waals surface area contributed by atoms with Crippen LogP contribution in [0, 0.1) is 0 Å². The summed E-state index contributed by atoms with van der Waals surface area (Å²) in [6, 6.07) is 3.53. The first-order chi connectivity index (χ1) is 6.72. The van der Waals surface area contributed by atoms with Crippen molar-refractivity contribution in [2.45, 2.75) is 6.42 Å². The molecule has 0 saturated carbocycles. The van der Waals surface area contributed by atoms with Crippen molar-refractivity contribution in [3.8, 4) is 5.75 Å². The molecule has 1 aliphatic rings. The van der Waals surface area contributed by atoms with Crippen molar-refractivity contribution in [1.29, 1.82) is 0 Å². The number of ether oxygens (including phenoxy) is 1. The van der Waals surface area contributed by atoms with Gasteiger partial charge < -0.3 is 14.4 Å². The van der Waals surface area contributed by atoms with Gasteiger partial charge in [0.05, 0.1) is 11.6 Å². The third-order valence-corrected chi connectivity index (χ3v) is 2.55. The fourth-order valence-corrected chi connectivity index (χ4v) is 1.86. The molecular weight excluding hydrogens is 202 g/mol. The number of halogens is 1. The Kier molecular flexibility index (Phi) is 2.68. The third kappa shape index (κ3) is 1.61. The molecule has 1 aromatic rings. The van der Waals surface area contributed by atoms with E-state index in [1.54, 1.807) is 6.07 Å². The first-order valence-corrected chi connectivity index (χ1v) is 4.76. The highest BCUT2D eigenvalue weighted by Gasteiger charge is 2.22. The summed E-state index contributed by atoms with van der Waals surface area (Å²) >= 11 is 5.98. The standard InChI is InChI=1S/C9H10BClO3/c1-13-10(12)7-4-6-2-3-14-9(6)8(11)5-7/h4-5,12H,2-3H2,1H3. The summed E-state index contributed by atoms with van der Waals surface area (Å²) in [6.07, 6.45) is 0.833. The van der Waals surface area contributed by atoms with E-state index in [1.165, 1.54) is 7.11 Å². The molecule has 74 valence electrons. The third-order valence-electron chi connectivity index (χ3n) is 2.27. The maximum Gasteiger partial charge on any atom is 0.491 e. The van der Waals surface area contributed by atoms with Gasteiger partial charge in [-0.25, -0.2) is 0 Å². The van der Waals surface area contributed by atoms with E-state index >= 15 is 0 Å². The van der Waals surface area contributed by atoms with Crippen molar-refractivity contribution >= 4 is 24.2 Å². The fraction of sp³-hybridized carbons (Fsp3) is 0.333. The normalized spacial score (nSPS) is 13.6. The monoisotopic (exact) mass is 212 g/mol. The second-order valence-corrected chi connectivity index (χ2v) is 3.58. The first-order valence-electron chi connectivity index (χ1n) is 4.38. The number of rotatable bonds is 2. The average molecular weight is 212 g/mol. The average Bonchev–Trinajstić information content (AvgIpc) is 2.64. The Morgan fingerprint density at radius 2 is 2.36 bits per heavy atom. The largest absolute Gasteiger partial charge is 0.491 e. The molecule has 14 heavy (non-hydrogen) atoms. The van der Waals surface area contributed by atoms with E-state index in [-0.39, 0.29) is 0 Å². The van der Waals surface area contributed by atoms with Gasteiger partial charge >= 0.3 is 7.12 Å². The minimum absolute atomic E-state index is 0.533. The number of fused-ring (bicyclic) bond motifs is 1. The quantitative estimate of drug-likeness (QED) is 0.730. The van der Waals surface area contributed by atoms with Gasteiger partial charge in [-0.2, -0.15) is 0 Å². The van der Waals surface area contributed by atoms with Gasteiger partial charge in [-0.05, 0) is 17.1 Å². The Morgan fingerprint density at radius 1 is 1.57 bits per heavy atom. The molecule has 0 saturated heterocycles. The minimum atomic E-state index is -0.918. The highest BCUT2D eigenvalue weighted by atomic mass is 35.5. The van der Waals surface area contributed by atoms with E-state index in [1.807, 2.05) is 6.07 Å². The number of hydrogen-bond donors (Lipinski definition) is 1. The van der Waals surface area contributed by atoms with Gasteiger partial charge in [0.1, 0.15) is 5.75 Å². The van der Waals surface area contributed by atoms with Crippen molar-refractivity contribution in [3.05, 3.63) is 22.7 Å². The molecular formula is C9H10BClO3. The molecule has 0 spiro atoms. The van der Waals surface area contributed by atoms with Gasteiger partial charge in [0.2, 0.25) is 0 Å². The lowest BCUT2D eigenvalue weighted by Crippen LogP contribution is -2.32.